The van der Waals surface area contributed by atoms with Crippen LogP contribution in [0.2, 0.25) is 0 Å². The van der Waals surface area contributed by atoms with Crippen LogP contribution in [0.1, 0.15) is 38.6 Å². The number of hydrogen-bond acceptors (Lipinski definition) is 3. The van der Waals surface area contributed by atoms with Crippen LogP contribution in [0.15, 0.2) is 15.7 Å². The van der Waals surface area contributed by atoms with Gasteiger partial charge in [0.2, 0.25) is 0 Å². The van der Waals surface area contributed by atoms with Gasteiger partial charge in [-0.25, -0.2) is 4.79 Å². The lowest BCUT2D eigenvalue weighted by Gasteiger charge is -2.28. The summed E-state index contributed by atoms with van der Waals surface area (Å²) in [7, 11) is 0. The van der Waals surface area contributed by atoms with Crippen LogP contribution in [-0.2, 0) is 0 Å². The van der Waals surface area contributed by atoms with E-state index in [0.717, 1.165) is 19.3 Å². The average Bonchev–Trinajstić information content (AvgIpc) is 2.15. The van der Waals surface area contributed by atoms with Gasteiger partial charge in [0.1, 0.15) is 5.82 Å². The first kappa shape index (κ1) is 11.0. The third-order valence-corrected chi connectivity index (χ3v) is 3.28. The van der Waals surface area contributed by atoms with Crippen molar-refractivity contribution in [3.05, 3.63) is 26.9 Å². The number of hydrogen-bond donors (Lipinski definition) is 2. The van der Waals surface area contributed by atoms with E-state index in [9.17, 15) is 9.59 Å². The molecule has 3 N–H and O–H groups in total. The quantitative estimate of drug-likeness (QED) is 0.741. The van der Waals surface area contributed by atoms with Gasteiger partial charge in [0.25, 0.3) is 5.56 Å². The number of nitrogens with zero attached hydrogens (tertiary/aromatic N) is 1. The Bertz CT molecular complexity index is 489. The number of rotatable bonds is 1. The Labute approximate surface area is 93.3 Å². The molecule has 1 aromatic heterocycles. The van der Waals surface area contributed by atoms with Crippen molar-refractivity contribution < 1.29 is 0 Å². The van der Waals surface area contributed by atoms with E-state index in [1.165, 1.54) is 17.1 Å². The number of anilines is 1. The van der Waals surface area contributed by atoms with Crippen LogP contribution < -0.4 is 17.0 Å². The molecule has 0 aromatic carbocycles. The Balaban J connectivity index is 2.40. The van der Waals surface area contributed by atoms with Gasteiger partial charge in [0.05, 0.1) is 0 Å². The van der Waals surface area contributed by atoms with E-state index in [4.69, 9.17) is 5.73 Å². The minimum atomic E-state index is -0.428. The highest BCUT2D eigenvalue weighted by Crippen LogP contribution is 2.31. The highest BCUT2D eigenvalue weighted by atomic mass is 16.2. The molecule has 16 heavy (non-hydrogen) atoms. The van der Waals surface area contributed by atoms with E-state index < -0.39 is 5.56 Å². The average molecular weight is 223 g/mol. The summed E-state index contributed by atoms with van der Waals surface area (Å²) < 4.78 is 1.52. The van der Waals surface area contributed by atoms with Crippen LogP contribution in [0.3, 0.4) is 0 Å². The van der Waals surface area contributed by atoms with Gasteiger partial charge in [0.15, 0.2) is 0 Å². The summed E-state index contributed by atoms with van der Waals surface area (Å²) in [5, 5.41) is 0. The number of H-pyrrole nitrogens is 1. The third-order valence-electron chi connectivity index (χ3n) is 3.28. The molecule has 0 radical (unpaired) electrons. The lowest BCUT2D eigenvalue weighted by atomic mass is 9.87. The van der Waals surface area contributed by atoms with E-state index in [0.29, 0.717) is 5.92 Å². The molecule has 1 aliphatic rings. The monoisotopic (exact) mass is 223 g/mol. The molecular weight excluding hydrogens is 206 g/mol. The minimum Gasteiger partial charge on any atom is -0.385 e. The molecule has 5 nitrogen and oxygen atoms in total. The maximum Gasteiger partial charge on any atom is 0.330 e. The predicted octanol–water partition coefficient (Wildman–Crippen LogP) is 0.870. The fourth-order valence-electron chi connectivity index (χ4n) is 2.54. The zero-order valence-corrected chi connectivity index (χ0v) is 9.40. The van der Waals surface area contributed by atoms with Crippen LogP contribution in [0, 0.1) is 5.92 Å². The smallest absolute Gasteiger partial charge is 0.330 e. The molecule has 2 atom stereocenters. The first-order valence-electron chi connectivity index (χ1n) is 5.69. The van der Waals surface area contributed by atoms with Crippen molar-refractivity contribution >= 4 is 5.82 Å². The van der Waals surface area contributed by atoms with Crippen molar-refractivity contribution in [1.29, 1.82) is 0 Å². The standard InChI is InChI=1S/C11H17N3O2/c1-7-3-2-4-8(5-7)14-9(12)6-10(15)13-11(14)16/h6-8H,2-5,12H2,1H3,(H,13,15,16). The lowest BCUT2D eigenvalue weighted by Crippen LogP contribution is -2.35. The molecule has 0 spiro atoms. The summed E-state index contributed by atoms with van der Waals surface area (Å²) in [6.07, 6.45) is 4.22. The second-order valence-corrected chi connectivity index (χ2v) is 4.66. The fraction of sp³-hybridized carbons (Fsp3) is 0.636. The van der Waals surface area contributed by atoms with Gasteiger partial charge in [-0.05, 0) is 18.8 Å². The van der Waals surface area contributed by atoms with Crippen molar-refractivity contribution in [2.45, 2.75) is 38.6 Å². The predicted molar refractivity (Wildman–Crippen MR) is 62.4 cm³/mol. The van der Waals surface area contributed by atoms with Gasteiger partial charge in [-0.15, -0.1) is 0 Å². The molecule has 88 valence electrons. The van der Waals surface area contributed by atoms with Gasteiger partial charge in [0, 0.05) is 12.1 Å². The number of nitrogen functional groups attached to an aromatic ring is 1. The summed E-state index contributed by atoms with van der Waals surface area (Å²) in [5.41, 5.74) is 4.93. The second kappa shape index (κ2) is 4.15. The molecule has 2 unspecified atom stereocenters. The molecule has 0 amide bonds. The molecule has 1 aromatic rings. The number of nitrogens with one attached hydrogen (secondary N) is 1. The Morgan fingerprint density at radius 3 is 2.81 bits per heavy atom. The Hall–Kier alpha value is -1.52. The molecular formula is C11H17N3O2. The Kier molecular flexibility index (Phi) is 2.85. The van der Waals surface area contributed by atoms with E-state index in [1.807, 2.05) is 0 Å². The van der Waals surface area contributed by atoms with Crippen molar-refractivity contribution in [2.24, 2.45) is 5.92 Å². The molecule has 1 aliphatic carbocycles. The second-order valence-electron chi connectivity index (χ2n) is 4.66. The third kappa shape index (κ3) is 2.03. The minimum absolute atomic E-state index is 0.132. The topological polar surface area (TPSA) is 80.9 Å². The molecule has 1 heterocycles. The van der Waals surface area contributed by atoms with Crippen LogP contribution >= 0.6 is 0 Å². The van der Waals surface area contributed by atoms with Crippen LogP contribution in [0.25, 0.3) is 0 Å². The number of aromatic nitrogens is 2. The number of aromatic amines is 1. The highest BCUT2D eigenvalue weighted by molar-refractivity contribution is 5.27. The van der Waals surface area contributed by atoms with Crippen LogP contribution in [-0.4, -0.2) is 9.55 Å². The molecule has 2 rings (SSSR count). The first-order valence-corrected chi connectivity index (χ1v) is 5.69. The van der Waals surface area contributed by atoms with Crippen molar-refractivity contribution in [1.82, 2.24) is 9.55 Å². The van der Waals surface area contributed by atoms with Crippen molar-refractivity contribution in [3.63, 3.8) is 0 Å². The molecule has 0 aliphatic heterocycles. The summed E-state index contributed by atoms with van der Waals surface area (Å²) >= 11 is 0. The zero-order chi connectivity index (χ0) is 11.7. The summed E-state index contributed by atoms with van der Waals surface area (Å²) in [4.78, 5) is 25.0. The maximum atomic E-state index is 11.7. The molecule has 1 fully saturated rings. The molecule has 0 saturated heterocycles. The van der Waals surface area contributed by atoms with Gasteiger partial charge < -0.3 is 5.73 Å². The molecule has 0 bridgehead atoms. The maximum absolute atomic E-state index is 11.7. The van der Waals surface area contributed by atoms with Crippen LogP contribution in [0.5, 0.6) is 0 Å². The van der Waals surface area contributed by atoms with Gasteiger partial charge in [-0.3, -0.25) is 14.3 Å². The first-order chi connectivity index (χ1) is 7.58. The van der Waals surface area contributed by atoms with Crippen LogP contribution in [0.4, 0.5) is 5.82 Å². The Morgan fingerprint density at radius 2 is 2.19 bits per heavy atom. The number of nitrogens with two attached hydrogens (primary N) is 1. The SMILES string of the molecule is CC1CCCC(n2c(N)cc(=O)[nH]c2=O)C1. The highest BCUT2D eigenvalue weighted by Gasteiger charge is 2.22. The van der Waals surface area contributed by atoms with Crippen molar-refractivity contribution in [3.8, 4) is 0 Å². The summed E-state index contributed by atoms with van der Waals surface area (Å²) in [5.74, 6) is 0.879. The summed E-state index contributed by atoms with van der Waals surface area (Å²) in [6, 6.07) is 1.41. The molecule has 5 heteroatoms. The molecule has 1 saturated carbocycles. The van der Waals surface area contributed by atoms with Gasteiger partial charge >= 0.3 is 5.69 Å². The van der Waals surface area contributed by atoms with E-state index in [1.54, 1.807) is 0 Å². The van der Waals surface area contributed by atoms with E-state index >= 15 is 0 Å². The van der Waals surface area contributed by atoms with Crippen molar-refractivity contribution in [2.75, 3.05) is 5.73 Å². The fourth-order valence-corrected chi connectivity index (χ4v) is 2.54. The van der Waals surface area contributed by atoms with Gasteiger partial charge in [-0.1, -0.05) is 19.8 Å². The van der Waals surface area contributed by atoms with E-state index in [2.05, 4.69) is 11.9 Å². The van der Waals surface area contributed by atoms with E-state index in [-0.39, 0.29) is 17.5 Å². The summed E-state index contributed by atoms with van der Waals surface area (Å²) in [6.45, 7) is 2.18. The Morgan fingerprint density at radius 1 is 1.44 bits per heavy atom. The zero-order valence-electron chi connectivity index (χ0n) is 9.40. The lowest BCUT2D eigenvalue weighted by molar-refractivity contribution is 0.278. The normalized spacial score (nSPS) is 25.6. The van der Waals surface area contributed by atoms with Gasteiger partial charge in [-0.2, -0.15) is 0 Å². The largest absolute Gasteiger partial charge is 0.385 e.